The molecule has 0 aliphatic carbocycles. The lowest BCUT2D eigenvalue weighted by molar-refractivity contribution is 0.176. The van der Waals surface area contributed by atoms with Crippen LogP contribution in [0.3, 0.4) is 0 Å². The van der Waals surface area contributed by atoms with E-state index in [0.29, 0.717) is 26.4 Å². The van der Waals surface area contributed by atoms with Gasteiger partial charge < -0.3 is 32.8 Å². The van der Waals surface area contributed by atoms with E-state index in [0.717, 1.165) is 0 Å². The molecule has 3 N–H and O–H groups in total. The quantitative estimate of drug-likeness (QED) is 0.471. The van der Waals surface area contributed by atoms with Gasteiger partial charge in [-0.25, -0.2) is 4.31 Å². The van der Waals surface area contributed by atoms with Gasteiger partial charge in [-0.3, -0.25) is 0 Å². The predicted molar refractivity (Wildman–Crippen MR) is 89.7 cm³/mol. The minimum atomic E-state index is -2.87. The molecule has 0 unspecified atom stereocenters. The first-order valence-electron chi connectivity index (χ1n) is 6.04. The third kappa shape index (κ3) is 14.7. The fourth-order valence-corrected chi connectivity index (χ4v) is 7.30. The van der Waals surface area contributed by atoms with E-state index in [1.807, 2.05) is 27.7 Å². The topological polar surface area (TPSA) is 107 Å². The highest BCUT2D eigenvalue weighted by atomic mass is 32.5. The van der Waals surface area contributed by atoms with Gasteiger partial charge in [0.2, 0.25) is 0 Å². The van der Waals surface area contributed by atoms with Gasteiger partial charge in [0.1, 0.15) is 0 Å². The third-order valence-electron chi connectivity index (χ3n) is 1.35. The first-order valence-corrected chi connectivity index (χ1v) is 12.4. The van der Waals surface area contributed by atoms with Crippen molar-refractivity contribution in [1.29, 1.82) is 0 Å². The zero-order chi connectivity index (χ0) is 16.9. The molecule has 0 amide bonds. The molecule has 21 heavy (non-hydrogen) atoms. The minimum absolute atomic E-state index is 0.394. The number of hydrogen-bond acceptors (Lipinski definition) is 10. The first-order chi connectivity index (χ1) is 9.68. The second-order valence-corrected chi connectivity index (χ2v) is 9.61. The zero-order valence-electron chi connectivity index (χ0n) is 12.4. The molecule has 13 heteroatoms. The molecule has 0 aromatic heterocycles. The summed E-state index contributed by atoms with van der Waals surface area (Å²) in [6.45, 7) is 3.09. The Morgan fingerprint density at radius 1 is 0.714 bits per heavy atom. The molecule has 0 fully saturated rings. The molecule has 130 valence electrons. The summed E-state index contributed by atoms with van der Waals surface area (Å²) in [5.74, 6) is 0. The van der Waals surface area contributed by atoms with Crippen LogP contribution in [0.25, 0.3) is 0 Å². The lowest BCUT2D eigenvalue weighted by Crippen LogP contribution is -2.03. The van der Waals surface area contributed by atoms with Crippen LogP contribution in [-0.2, 0) is 46.0 Å². The van der Waals surface area contributed by atoms with Crippen LogP contribution in [0.5, 0.6) is 0 Å². The van der Waals surface area contributed by atoms with Crippen LogP contribution in [0.15, 0.2) is 0 Å². The van der Waals surface area contributed by atoms with E-state index < -0.39 is 22.0 Å². The van der Waals surface area contributed by atoms with Crippen LogP contribution in [-0.4, -0.2) is 41.1 Å². The van der Waals surface area contributed by atoms with Gasteiger partial charge in [-0.05, 0) is 51.3 Å². The highest BCUT2D eigenvalue weighted by molar-refractivity contribution is 8.14. The Morgan fingerprint density at radius 3 is 1.05 bits per heavy atom. The van der Waals surface area contributed by atoms with Gasteiger partial charge in [0.25, 0.3) is 0 Å². The van der Waals surface area contributed by atoms with Crippen molar-refractivity contribution in [2.75, 3.05) is 26.4 Å². The van der Waals surface area contributed by atoms with Crippen LogP contribution in [0.4, 0.5) is 0 Å². The molecule has 0 atom stereocenters. The standard InChI is InChI=1S/C8H20O5P2S2.H3O3P/c1-5-9-14(16,10-6-2)13-15(17,11-7-3)12-8-4;1-4(2)3/h5-8H2,1-4H3;1-3H. The van der Waals surface area contributed by atoms with E-state index in [2.05, 4.69) is 0 Å². The Bertz CT molecular complexity index is 293. The molecule has 0 heterocycles. The Kier molecular flexibility index (Phi) is 16.2. The fraction of sp³-hybridized carbons (Fsp3) is 1.00. The van der Waals surface area contributed by atoms with Gasteiger partial charge in [-0.2, -0.15) is 0 Å². The summed E-state index contributed by atoms with van der Waals surface area (Å²) in [4.78, 5) is 21.7. The van der Waals surface area contributed by atoms with E-state index in [4.69, 9.17) is 60.7 Å². The average molecular weight is 404 g/mol. The van der Waals surface area contributed by atoms with Crippen molar-refractivity contribution < 1.29 is 37.1 Å². The van der Waals surface area contributed by atoms with Crippen molar-refractivity contribution >= 4 is 45.7 Å². The molecule has 0 bridgehead atoms. The largest absolute Gasteiger partial charge is 0.334 e. The predicted octanol–water partition coefficient (Wildman–Crippen LogP) is 2.79. The SMILES string of the molecule is CCOP(=S)(OCC)OP(=S)(OCC)OCC.OP(O)O. The summed E-state index contributed by atoms with van der Waals surface area (Å²) in [7, 11) is -2.62. The molecular weight excluding hydrogens is 381 g/mol. The Morgan fingerprint density at radius 2 is 0.905 bits per heavy atom. The molecule has 0 aliphatic heterocycles. The zero-order valence-corrected chi connectivity index (χ0v) is 16.7. The number of hydrogen-bond donors (Lipinski definition) is 3. The summed E-state index contributed by atoms with van der Waals surface area (Å²) < 4.78 is 26.9. The molecule has 0 aromatic carbocycles. The lowest BCUT2D eigenvalue weighted by atomic mass is 10.9. The average Bonchev–Trinajstić information content (AvgIpc) is 2.28. The van der Waals surface area contributed by atoms with Crippen molar-refractivity contribution in [3.8, 4) is 0 Å². The van der Waals surface area contributed by atoms with Crippen LogP contribution >= 0.6 is 22.0 Å². The molecular formula is C8H23O8P3S2. The van der Waals surface area contributed by atoms with E-state index in [-0.39, 0.29) is 0 Å². The van der Waals surface area contributed by atoms with Crippen LogP contribution < -0.4 is 0 Å². The minimum Gasteiger partial charge on any atom is -0.328 e. The van der Waals surface area contributed by atoms with Crippen LogP contribution in [0, 0.1) is 0 Å². The van der Waals surface area contributed by atoms with Crippen molar-refractivity contribution in [2.24, 2.45) is 0 Å². The van der Waals surface area contributed by atoms with Gasteiger partial charge in [0.15, 0.2) is 0 Å². The summed E-state index contributed by atoms with van der Waals surface area (Å²) in [5.41, 5.74) is 0. The third-order valence-corrected chi connectivity index (χ3v) is 7.71. The van der Waals surface area contributed by atoms with Gasteiger partial charge in [-0.1, -0.05) is 0 Å². The maximum Gasteiger partial charge on any atom is 0.334 e. The van der Waals surface area contributed by atoms with Crippen LogP contribution in [0.2, 0.25) is 0 Å². The second-order valence-electron chi connectivity index (χ2n) is 2.92. The molecule has 0 saturated heterocycles. The molecule has 8 nitrogen and oxygen atoms in total. The summed E-state index contributed by atoms with van der Waals surface area (Å²) in [6, 6.07) is 0. The summed E-state index contributed by atoms with van der Waals surface area (Å²) >= 11 is 10.4. The molecule has 0 rings (SSSR count). The molecule has 0 saturated carbocycles. The van der Waals surface area contributed by atoms with E-state index in [1.165, 1.54) is 0 Å². The highest BCUT2D eigenvalue weighted by Gasteiger charge is 2.31. The van der Waals surface area contributed by atoms with Crippen molar-refractivity contribution in [1.82, 2.24) is 0 Å². The van der Waals surface area contributed by atoms with E-state index in [1.54, 1.807) is 0 Å². The maximum atomic E-state index is 7.23. The first kappa shape index (κ1) is 24.7. The Labute approximate surface area is 137 Å². The van der Waals surface area contributed by atoms with Crippen LogP contribution in [0.1, 0.15) is 27.7 Å². The van der Waals surface area contributed by atoms with Gasteiger partial charge >= 0.3 is 22.0 Å². The lowest BCUT2D eigenvalue weighted by Gasteiger charge is -2.27. The van der Waals surface area contributed by atoms with Crippen molar-refractivity contribution in [3.05, 3.63) is 0 Å². The van der Waals surface area contributed by atoms with Gasteiger partial charge in [0.05, 0.1) is 26.4 Å². The van der Waals surface area contributed by atoms with Gasteiger partial charge in [0, 0.05) is 0 Å². The molecule has 0 aliphatic rings. The fourth-order valence-electron chi connectivity index (χ4n) is 0.924. The maximum absolute atomic E-state index is 7.23. The molecule has 0 aromatic rings. The highest BCUT2D eigenvalue weighted by Crippen LogP contribution is 2.66. The Hall–Kier alpha value is 1.41. The summed E-state index contributed by atoms with van der Waals surface area (Å²) in [5, 5.41) is 0. The van der Waals surface area contributed by atoms with Gasteiger partial charge in [-0.15, -0.1) is 0 Å². The summed E-state index contributed by atoms with van der Waals surface area (Å²) in [6.07, 6.45) is 0. The molecule has 0 spiro atoms. The second kappa shape index (κ2) is 13.8. The normalized spacial score (nSPS) is 12.2. The smallest absolute Gasteiger partial charge is 0.328 e. The van der Waals surface area contributed by atoms with E-state index >= 15 is 0 Å². The monoisotopic (exact) mass is 404 g/mol. The van der Waals surface area contributed by atoms with E-state index in [9.17, 15) is 0 Å². The Balaban J connectivity index is 0. The molecule has 0 radical (unpaired) electrons. The van der Waals surface area contributed by atoms with Crippen molar-refractivity contribution in [3.63, 3.8) is 0 Å². The number of rotatable bonds is 10. The van der Waals surface area contributed by atoms with Crippen molar-refractivity contribution in [2.45, 2.75) is 27.7 Å².